The van der Waals surface area contributed by atoms with Gasteiger partial charge in [0.25, 0.3) is 5.91 Å². The van der Waals surface area contributed by atoms with Crippen LogP contribution in [0.25, 0.3) is 0 Å². The van der Waals surface area contributed by atoms with Gasteiger partial charge in [0, 0.05) is 12.6 Å². The van der Waals surface area contributed by atoms with E-state index >= 15 is 0 Å². The lowest BCUT2D eigenvalue weighted by atomic mass is 10.1. The van der Waals surface area contributed by atoms with Gasteiger partial charge in [0.1, 0.15) is 11.5 Å². The number of unbranched alkanes of at least 4 members (excludes halogenated alkanes) is 1. The molecule has 2 N–H and O–H groups in total. The second kappa shape index (κ2) is 8.23. The molecule has 1 aliphatic heterocycles. The predicted molar refractivity (Wildman–Crippen MR) is 103 cm³/mol. The number of hydrogen-bond acceptors (Lipinski definition) is 4. The van der Waals surface area contributed by atoms with Crippen LogP contribution < -0.4 is 20.1 Å². The van der Waals surface area contributed by atoms with Crippen LogP contribution in [0.15, 0.2) is 42.5 Å². The van der Waals surface area contributed by atoms with Gasteiger partial charge >= 0.3 is 0 Å². The molecular formula is C21H26N2O3. The number of ether oxygens (including phenoxy) is 2. The molecule has 5 heteroatoms. The van der Waals surface area contributed by atoms with Crippen LogP contribution in [0.5, 0.6) is 11.5 Å². The first-order valence-corrected chi connectivity index (χ1v) is 9.07. The number of hydrogen-bond donors (Lipinski definition) is 1. The maximum absolute atomic E-state index is 12.3. The van der Waals surface area contributed by atoms with Crippen molar-refractivity contribution < 1.29 is 14.3 Å². The first-order chi connectivity index (χ1) is 12.6. The molecule has 0 bridgehead atoms. The van der Waals surface area contributed by atoms with Gasteiger partial charge in [0.2, 0.25) is 0 Å². The highest BCUT2D eigenvalue weighted by Gasteiger charge is 2.25. The van der Waals surface area contributed by atoms with Crippen LogP contribution in [0.1, 0.15) is 36.9 Å². The fourth-order valence-corrected chi connectivity index (χ4v) is 3.02. The van der Waals surface area contributed by atoms with Crippen LogP contribution in [0, 0.1) is 6.92 Å². The molecule has 2 aromatic rings. The summed E-state index contributed by atoms with van der Waals surface area (Å²) < 4.78 is 11.4. The Morgan fingerprint density at radius 3 is 2.81 bits per heavy atom. The summed E-state index contributed by atoms with van der Waals surface area (Å²) in [6.45, 7) is 5.34. The van der Waals surface area contributed by atoms with E-state index in [1.54, 1.807) is 4.90 Å². The molecule has 0 fully saturated rings. The third-order valence-corrected chi connectivity index (χ3v) is 4.58. The van der Waals surface area contributed by atoms with Gasteiger partial charge in [0.05, 0.1) is 12.3 Å². The Hall–Kier alpha value is -2.53. The SMILES string of the molecule is Cc1ccccc1OCCCCN1C(=O)COc2ccc(C(C)N)cc21. The summed E-state index contributed by atoms with van der Waals surface area (Å²) in [5.41, 5.74) is 8.92. The quantitative estimate of drug-likeness (QED) is 0.772. The summed E-state index contributed by atoms with van der Waals surface area (Å²) in [5.74, 6) is 1.64. The number of fused-ring (bicyclic) bond motifs is 1. The third-order valence-electron chi connectivity index (χ3n) is 4.58. The Kier molecular flexibility index (Phi) is 5.78. The van der Waals surface area contributed by atoms with E-state index in [9.17, 15) is 4.79 Å². The van der Waals surface area contributed by atoms with Crippen molar-refractivity contribution in [2.75, 3.05) is 24.7 Å². The molecule has 138 valence electrons. The summed E-state index contributed by atoms with van der Waals surface area (Å²) in [7, 11) is 0. The number of amides is 1. The van der Waals surface area contributed by atoms with Gasteiger partial charge in [-0.3, -0.25) is 4.79 Å². The number of para-hydroxylation sites is 1. The minimum atomic E-state index is -0.0818. The molecule has 1 amide bonds. The van der Waals surface area contributed by atoms with Crippen molar-refractivity contribution in [3.05, 3.63) is 53.6 Å². The molecule has 0 spiro atoms. The number of nitrogens with zero attached hydrogens (tertiary/aromatic N) is 1. The monoisotopic (exact) mass is 354 g/mol. The molecular weight excluding hydrogens is 328 g/mol. The summed E-state index contributed by atoms with van der Waals surface area (Å²) in [4.78, 5) is 14.1. The zero-order chi connectivity index (χ0) is 18.5. The van der Waals surface area contributed by atoms with Crippen LogP contribution >= 0.6 is 0 Å². The lowest BCUT2D eigenvalue weighted by Gasteiger charge is -2.30. The van der Waals surface area contributed by atoms with E-state index < -0.39 is 0 Å². The van der Waals surface area contributed by atoms with Crippen molar-refractivity contribution in [1.29, 1.82) is 0 Å². The number of benzene rings is 2. The van der Waals surface area contributed by atoms with Gasteiger partial charge in [-0.25, -0.2) is 0 Å². The summed E-state index contributed by atoms with van der Waals surface area (Å²) >= 11 is 0. The van der Waals surface area contributed by atoms with Crippen molar-refractivity contribution in [1.82, 2.24) is 0 Å². The minimum Gasteiger partial charge on any atom is -0.493 e. The van der Waals surface area contributed by atoms with E-state index in [0.29, 0.717) is 13.2 Å². The zero-order valence-electron chi connectivity index (χ0n) is 15.4. The number of carbonyl (C=O) groups excluding carboxylic acids is 1. The predicted octanol–water partition coefficient (Wildman–Crippen LogP) is 3.60. The molecule has 1 atom stereocenters. The number of carbonyl (C=O) groups is 1. The molecule has 26 heavy (non-hydrogen) atoms. The Bertz CT molecular complexity index is 774. The molecule has 1 aliphatic rings. The van der Waals surface area contributed by atoms with Crippen molar-refractivity contribution >= 4 is 11.6 Å². The molecule has 0 radical (unpaired) electrons. The van der Waals surface area contributed by atoms with Crippen molar-refractivity contribution in [2.45, 2.75) is 32.7 Å². The fraction of sp³-hybridized carbons (Fsp3) is 0.381. The number of nitrogens with two attached hydrogens (primary N) is 1. The second-order valence-electron chi connectivity index (χ2n) is 6.67. The smallest absolute Gasteiger partial charge is 0.265 e. The van der Waals surface area contributed by atoms with Crippen LogP contribution in [0.2, 0.25) is 0 Å². The van der Waals surface area contributed by atoms with E-state index in [-0.39, 0.29) is 18.6 Å². The van der Waals surface area contributed by atoms with Crippen molar-refractivity contribution in [3.8, 4) is 11.5 Å². The largest absolute Gasteiger partial charge is 0.493 e. The Labute approximate surface area is 154 Å². The Balaban J connectivity index is 1.57. The van der Waals surface area contributed by atoms with E-state index in [0.717, 1.165) is 41.2 Å². The topological polar surface area (TPSA) is 64.8 Å². The van der Waals surface area contributed by atoms with E-state index in [1.165, 1.54) is 0 Å². The zero-order valence-corrected chi connectivity index (χ0v) is 15.4. The highest BCUT2D eigenvalue weighted by molar-refractivity contribution is 5.97. The summed E-state index contributed by atoms with van der Waals surface area (Å²) in [6, 6.07) is 13.7. The van der Waals surface area contributed by atoms with Crippen LogP contribution in [-0.2, 0) is 4.79 Å². The molecule has 2 aromatic carbocycles. The number of rotatable bonds is 7. The molecule has 5 nitrogen and oxygen atoms in total. The van der Waals surface area contributed by atoms with Gasteiger partial charge in [-0.15, -0.1) is 0 Å². The first-order valence-electron chi connectivity index (χ1n) is 9.07. The Morgan fingerprint density at radius 2 is 2.04 bits per heavy atom. The summed E-state index contributed by atoms with van der Waals surface area (Å²) in [6.07, 6.45) is 1.74. The normalized spacial score (nSPS) is 14.6. The highest BCUT2D eigenvalue weighted by Crippen LogP contribution is 2.34. The average Bonchev–Trinajstić information content (AvgIpc) is 2.64. The van der Waals surface area contributed by atoms with Crippen molar-refractivity contribution in [3.63, 3.8) is 0 Å². The lowest BCUT2D eigenvalue weighted by Crippen LogP contribution is -2.39. The molecule has 0 saturated carbocycles. The van der Waals surface area contributed by atoms with Gasteiger partial charge < -0.3 is 20.1 Å². The van der Waals surface area contributed by atoms with Gasteiger partial charge in [-0.1, -0.05) is 24.3 Å². The highest BCUT2D eigenvalue weighted by atomic mass is 16.5. The molecule has 0 saturated heterocycles. The molecule has 1 unspecified atom stereocenters. The molecule has 0 aromatic heterocycles. The average molecular weight is 354 g/mol. The lowest BCUT2D eigenvalue weighted by molar-refractivity contribution is -0.121. The first kappa shape index (κ1) is 18.3. The van der Waals surface area contributed by atoms with E-state index in [1.807, 2.05) is 56.3 Å². The van der Waals surface area contributed by atoms with E-state index in [2.05, 4.69) is 0 Å². The Morgan fingerprint density at radius 1 is 1.23 bits per heavy atom. The maximum Gasteiger partial charge on any atom is 0.265 e. The van der Waals surface area contributed by atoms with Gasteiger partial charge in [-0.05, 0) is 56.0 Å². The standard InChI is InChI=1S/C21H26N2O3/c1-15-7-3-4-8-19(15)25-12-6-5-11-23-18-13-17(16(2)22)9-10-20(18)26-14-21(23)24/h3-4,7-10,13,16H,5-6,11-12,14,22H2,1-2H3. The van der Waals surface area contributed by atoms with Crippen LogP contribution in [0.4, 0.5) is 5.69 Å². The third kappa shape index (κ3) is 4.17. The van der Waals surface area contributed by atoms with Crippen molar-refractivity contribution in [2.24, 2.45) is 5.73 Å². The van der Waals surface area contributed by atoms with Gasteiger partial charge in [-0.2, -0.15) is 0 Å². The molecule has 3 rings (SSSR count). The maximum atomic E-state index is 12.3. The fourth-order valence-electron chi connectivity index (χ4n) is 3.02. The second-order valence-corrected chi connectivity index (χ2v) is 6.67. The number of anilines is 1. The molecule has 1 heterocycles. The van der Waals surface area contributed by atoms with E-state index in [4.69, 9.17) is 15.2 Å². The minimum absolute atomic E-state index is 0.0147. The van der Waals surface area contributed by atoms with Gasteiger partial charge in [0.15, 0.2) is 6.61 Å². The summed E-state index contributed by atoms with van der Waals surface area (Å²) in [5, 5.41) is 0. The number of aryl methyl sites for hydroxylation is 1. The van der Waals surface area contributed by atoms with Crippen LogP contribution in [0.3, 0.4) is 0 Å². The van der Waals surface area contributed by atoms with Crippen LogP contribution in [-0.4, -0.2) is 25.7 Å². The molecule has 0 aliphatic carbocycles.